The summed E-state index contributed by atoms with van der Waals surface area (Å²) < 4.78 is 5.50. The Labute approximate surface area is 125 Å². The van der Waals surface area contributed by atoms with E-state index in [0.29, 0.717) is 5.92 Å². The molecule has 1 aromatic heterocycles. The molecule has 3 rings (SSSR count). The van der Waals surface area contributed by atoms with E-state index in [0.717, 1.165) is 45.0 Å². The van der Waals surface area contributed by atoms with Gasteiger partial charge in [0, 0.05) is 32.4 Å². The van der Waals surface area contributed by atoms with Crippen molar-refractivity contribution in [1.29, 1.82) is 0 Å². The molecule has 1 saturated carbocycles. The smallest absolute Gasteiger partial charge is 0.248 e. The van der Waals surface area contributed by atoms with Crippen LogP contribution in [0.1, 0.15) is 19.3 Å². The highest BCUT2D eigenvalue weighted by Crippen LogP contribution is 2.28. The molecule has 0 N–H and O–H groups in total. The Morgan fingerprint density at radius 3 is 2.95 bits per heavy atom. The lowest BCUT2D eigenvalue weighted by atomic mass is 10.3. The molecule has 1 aliphatic carbocycles. The van der Waals surface area contributed by atoms with Crippen LogP contribution >= 0.6 is 0 Å². The zero-order valence-electron chi connectivity index (χ0n) is 12.3. The van der Waals surface area contributed by atoms with Gasteiger partial charge in [0.05, 0.1) is 6.61 Å². The van der Waals surface area contributed by atoms with E-state index in [4.69, 9.17) is 4.74 Å². The van der Waals surface area contributed by atoms with Crippen molar-refractivity contribution >= 4 is 11.7 Å². The summed E-state index contributed by atoms with van der Waals surface area (Å²) in [7, 11) is 0. The molecule has 0 atom stereocenters. The zero-order valence-corrected chi connectivity index (χ0v) is 12.3. The maximum absolute atomic E-state index is 12.2. The molecule has 21 heavy (non-hydrogen) atoms. The second kappa shape index (κ2) is 6.85. The van der Waals surface area contributed by atoms with Gasteiger partial charge in [-0.05, 0) is 37.3 Å². The quantitative estimate of drug-likeness (QED) is 0.808. The lowest BCUT2D eigenvalue weighted by Gasteiger charge is -2.22. The number of amides is 1. The SMILES string of the molecule is O=C(COCC1CC1)N1CCCN(c2cccnn2)CC1. The summed E-state index contributed by atoms with van der Waals surface area (Å²) in [5.74, 6) is 1.70. The molecule has 1 amide bonds. The van der Waals surface area contributed by atoms with Crippen molar-refractivity contribution in [2.24, 2.45) is 5.92 Å². The molecule has 0 spiro atoms. The fourth-order valence-electron chi connectivity index (χ4n) is 2.55. The second-order valence-electron chi connectivity index (χ2n) is 5.76. The third kappa shape index (κ3) is 4.14. The number of ether oxygens (including phenoxy) is 1. The Bertz CT molecular complexity index is 464. The number of rotatable bonds is 5. The molecule has 114 valence electrons. The van der Waals surface area contributed by atoms with E-state index in [-0.39, 0.29) is 12.5 Å². The van der Waals surface area contributed by atoms with E-state index in [2.05, 4.69) is 15.1 Å². The predicted molar refractivity (Wildman–Crippen MR) is 79.0 cm³/mol. The van der Waals surface area contributed by atoms with Crippen LogP contribution in [0.3, 0.4) is 0 Å². The average Bonchev–Trinajstić information content (AvgIpc) is 3.34. The minimum atomic E-state index is 0.108. The molecule has 1 saturated heterocycles. The third-order valence-corrected chi connectivity index (χ3v) is 4.01. The van der Waals surface area contributed by atoms with Gasteiger partial charge in [0.1, 0.15) is 6.61 Å². The molecular formula is C15H22N4O2. The van der Waals surface area contributed by atoms with Gasteiger partial charge in [0.2, 0.25) is 5.91 Å². The summed E-state index contributed by atoms with van der Waals surface area (Å²) in [6.45, 7) is 4.19. The molecule has 0 aromatic carbocycles. The normalized spacial score (nSPS) is 19.4. The van der Waals surface area contributed by atoms with Crippen LogP contribution in [0.25, 0.3) is 0 Å². The monoisotopic (exact) mass is 290 g/mol. The number of carbonyl (C=O) groups excluding carboxylic acids is 1. The lowest BCUT2D eigenvalue weighted by Crippen LogP contribution is -2.37. The number of anilines is 1. The maximum atomic E-state index is 12.2. The first kappa shape index (κ1) is 14.3. The van der Waals surface area contributed by atoms with Crippen molar-refractivity contribution in [2.45, 2.75) is 19.3 Å². The highest BCUT2D eigenvalue weighted by molar-refractivity contribution is 5.77. The van der Waals surface area contributed by atoms with Crippen molar-refractivity contribution in [1.82, 2.24) is 15.1 Å². The number of aromatic nitrogens is 2. The number of hydrogen-bond donors (Lipinski definition) is 0. The summed E-state index contributed by atoms with van der Waals surface area (Å²) in [6.07, 6.45) is 5.13. The molecule has 6 nitrogen and oxygen atoms in total. The van der Waals surface area contributed by atoms with Crippen molar-refractivity contribution in [2.75, 3.05) is 44.3 Å². The number of hydrogen-bond acceptors (Lipinski definition) is 5. The standard InChI is InChI=1S/C15H22N4O2/c20-15(12-21-11-13-4-5-13)19-8-2-7-18(9-10-19)14-3-1-6-16-17-14/h1,3,6,13H,2,4-5,7-12H2. The minimum Gasteiger partial charge on any atom is -0.371 e. The first-order chi connectivity index (χ1) is 10.3. The molecule has 2 aliphatic rings. The van der Waals surface area contributed by atoms with Crippen LogP contribution in [0.2, 0.25) is 0 Å². The number of carbonyl (C=O) groups is 1. The van der Waals surface area contributed by atoms with Crippen LogP contribution in [-0.4, -0.2) is 60.4 Å². The third-order valence-electron chi connectivity index (χ3n) is 4.01. The van der Waals surface area contributed by atoms with Gasteiger partial charge in [-0.1, -0.05) is 0 Å². The van der Waals surface area contributed by atoms with E-state index in [1.54, 1.807) is 6.20 Å². The summed E-state index contributed by atoms with van der Waals surface area (Å²) in [4.78, 5) is 16.2. The van der Waals surface area contributed by atoms with Gasteiger partial charge in [-0.15, -0.1) is 5.10 Å². The molecule has 6 heteroatoms. The summed E-state index contributed by atoms with van der Waals surface area (Å²) >= 11 is 0. The van der Waals surface area contributed by atoms with E-state index >= 15 is 0 Å². The van der Waals surface area contributed by atoms with Gasteiger partial charge >= 0.3 is 0 Å². The van der Waals surface area contributed by atoms with E-state index in [1.807, 2.05) is 17.0 Å². The van der Waals surface area contributed by atoms with Crippen molar-refractivity contribution in [3.63, 3.8) is 0 Å². The summed E-state index contributed by atoms with van der Waals surface area (Å²) in [5.41, 5.74) is 0. The van der Waals surface area contributed by atoms with Crippen LogP contribution < -0.4 is 4.90 Å². The molecule has 0 bridgehead atoms. The van der Waals surface area contributed by atoms with Gasteiger partial charge in [0.15, 0.2) is 5.82 Å². The Kier molecular flexibility index (Phi) is 4.65. The summed E-state index contributed by atoms with van der Waals surface area (Å²) in [5, 5.41) is 8.05. The van der Waals surface area contributed by atoms with Gasteiger partial charge in [-0.3, -0.25) is 4.79 Å². The first-order valence-electron chi connectivity index (χ1n) is 7.71. The van der Waals surface area contributed by atoms with Crippen LogP contribution in [0.5, 0.6) is 0 Å². The Morgan fingerprint density at radius 1 is 1.29 bits per heavy atom. The molecule has 2 fully saturated rings. The first-order valence-corrected chi connectivity index (χ1v) is 7.71. The van der Waals surface area contributed by atoms with Crippen molar-refractivity contribution in [3.8, 4) is 0 Å². The van der Waals surface area contributed by atoms with Crippen LogP contribution in [0.4, 0.5) is 5.82 Å². The molecule has 0 radical (unpaired) electrons. The highest BCUT2D eigenvalue weighted by Gasteiger charge is 2.23. The fraction of sp³-hybridized carbons (Fsp3) is 0.667. The molecular weight excluding hydrogens is 268 g/mol. The molecule has 2 heterocycles. The minimum absolute atomic E-state index is 0.108. The molecule has 1 aromatic rings. The topological polar surface area (TPSA) is 58.6 Å². The fourth-order valence-corrected chi connectivity index (χ4v) is 2.55. The van der Waals surface area contributed by atoms with Crippen molar-refractivity contribution < 1.29 is 9.53 Å². The Hall–Kier alpha value is -1.69. The van der Waals surface area contributed by atoms with Crippen LogP contribution in [0.15, 0.2) is 18.3 Å². The lowest BCUT2D eigenvalue weighted by molar-refractivity contribution is -0.136. The highest BCUT2D eigenvalue weighted by atomic mass is 16.5. The van der Waals surface area contributed by atoms with Crippen LogP contribution in [0, 0.1) is 5.92 Å². The average molecular weight is 290 g/mol. The maximum Gasteiger partial charge on any atom is 0.248 e. The second-order valence-corrected chi connectivity index (χ2v) is 5.76. The predicted octanol–water partition coefficient (Wildman–Crippen LogP) is 0.942. The van der Waals surface area contributed by atoms with Crippen LogP contribution in [-0.2, 0) is 9.53 Å². The summed E-state index contributed by atoms with van der Waals surface area (Å²) in [6, 6.07) is 3.85. The zero-order chi connectivity index (χ0) is 14.5. The van der Waals surface area contributed by atoms with Gasteiger partial charge in [-0.25, -0.2) is 0 Å². The van der Waals surface area contributed by atoms with Gasteiger partial charge in [-0.2, -0.15) is 5.10 Å². The molecule has 1 aliphatic heterocycles. The van der Waals surface area contributed by atoms with E-state index in [9.17, 15) is 4.79 Å². The largest absolute Gasteiger partial charge is 0.371 e. The Balaban J connectivity index is 1.46. The van der Waals surface area contributed by atoms with E-state index in [1.165, 1.54) is 12.8 Å². The van der Waals surface area contributed by atoms with Crippen molar-refractivity contribution in [3.05, 3.63) is 18.3 Å². The van der Waals surface area contributed by atoms with Gasteiger partial charge < -0.3 is 14.5 Å². The number of nitrogens with zero attached hydrogens (tertiary/aromatic N) is 4. The van der Waals surface area contributed by atoms with Gasteiger partial charge in [0.25, 0.3) is 0 Å². The molecule has 0 unspecified atom stereocenters. The Morgan fingerprint density at radius 2 is 2.19 bits per heavy atom. The van der Waals surface area contributed by atoms with E-state index < -0.39 is 0 Å².